The number of halogens is 1. The molecule has 2 amide bonds. The molecule has 1 fully saturated rings. The summed E-state index contributed by atoms with van der Waals surface area (Å²) < 4.78 is 0. The first-order valence-corrected chi connectivity index (χ1v) is 8.88. The molecular weight excluding hydrogens is 336 g/mol. The van der Waals surface area contributed by atoms with E-state index in [9.17, 15) is 9.59 Å². The Morgan fingerprint density at radius 2 is 1.64 bits per heavy atom. The van der Waals surface area contributed by atoms with Gasteiger partial charge in [-0.05, 0) is 42.7 Å². The molecule has 5 heteroatoms. The van der Waals surface area contributed by atoms with Gasteiger partial charge in [0.1, 0.15) is 0 Å². The van der Waals surface area contributed by atoms with Gasteiger partial charge in [-0.3, -0.25) is 9.59 Å². The van der Waals surface area contributed by atoms with E-state index in [2.05, 4.69) is 5.32 Å². The molecule has 4 nitrogen and oxygen atoms in total. The highest BCUT2D eigenvalue weighted by Gasteiger charge is 2.27. The van der Waals surface area contributed by atoms with Gasteiger partial charge in [0.2, 0.25) is 11.8 Å². The molecule has 0 saturated carbocycles. The van der Waals surface area contributed by atoms with Crippen molar-refractivity contribution in [2.24, 2.45) is 5.92 Å². The summed E-state index contributed by atoms with van der Waals surface area (Å²) in [5.41, 5.74) is 1.77. The smallest absolute Gasteiger partial charge is 0.227 e. The van der Waals surface area contributed by atoms with Gasteiger partial charge in [0.15, 0.2) is 0 Å². The number of amides is 2. The van der Waals surface area contributed by atoms with Crippen LogP contribution in [-0.4, -0.2) is 29.8 Å². The van der Waals surface area contributed by atoms with E-state index in [1.54, 1.807) is 24.3 Å². The van der Waals surface area contributed by atoms with Crippen LogP contribution in [0.25, 0.3) is 0 Å². The van der Waals surface area contributed by atoms with Crippen molar-refractivity contribution in [3.8, 4) is 0 Å². The van der Waals surface area contributed by atoms with Crippen LogP contribution in [0.5, 0.6) is 0 Å². The van der Waals surface area contributed by atoms with E-state index in [0.717, 1.165) is 11.3 Å². The summed E-state index contributed by atoms with van der Waals surface area (Å²) >= 11 is 5.85. The number of piperidine rings is 1. The largest absolute Gasteiger partial charge is 0.342 e. The fourth-order valence-electron chi connectivity index (χ4n) is 3.05. The van der Waals surface area contributed by atoms with E-state index in [0.29, 0.717) is 37.4 Å². The molecule has 0 radical (unpaired) electrons. The van der Waals surface area contributed by atoms with Gasteiger partial charge >= 0.3 is 0 Å². The molecule has 0 spiro atoms. The number of hydrogen-bond donors (Lipinski definition) is 1. The first kappa shape index (κ1) is 17.5. The Kier molecular flexibility index (Phi) is 5.71. The summed E-state index contributed by atoms with van der Waals surface area (Å²) in [6.07, 6.45) is 1.81. The number of hydrogen-bond acceptors (Lipinski definition) is 2. The molecular formula is C20H21ClN2O2. The zero-order chi connectivity index (χ0) is 17.6. The van der Waals surface area contributed by atoms with Crippen LogP contribution in [0, 0.1) is 5.92 Å². The molecule has 0 bridgehead atoms. The Labute approximate surface area is 152 Å². The quantitative estimate of drug-likeness (QED) is 0.906. The zero-order valence-corrected chi connectivity index (χ0v) is 14.7. The molecule has 0 aromatic heterocycles. The van der Waals surface area contributed by atoms with E-state index in [1.807, 2.05) is 35.2 Å². The SMILES string of the molecule is O=C(Nc1ccc(Cl)cc1)C1CCN(C(=O)Cc2ccccc2)CC1. The predicted molar refractivity (Wildman–Crippen MR) is 99.5 cm³/mol. The first-order valence-electron chi connectivity index (χ1n) is 8.50. The number of carbonyl (C=O) groups excluding carboxylic acids is 2. The maximum Gasteiger partial charge on any atom is 0.227 e. The number of anilines is 1. The highest BCUT2D eigenvalue weighted by Crippen LogP contribution is 2.21. The lowest BCUT2D eigenvalue weighted by atomic mass is 9.95. The third-order valence-corrected chi connectivity index (χ3v) is 4.78. The van der Waals surface area contributed by atoms with E-state index in [1.165, 1.54) is 0 Å². The molecule has 0 unspecified atom stereocenters. The average Bonchev–Trinajstić information content (AvgIpc) is 2.64. The minimum absolute atomic E-state index is 0.0116. The van der Waals surface area contributed by atoms with E-state index in [-0.39, 0.29) is 17.7 Å². The lowest BCUT2D eigenvalue weighted by molar-refractivity contribution is -0.133. The molecule has 1 N–H and O–H groups in total. The molecule has 1 saturated heterocycles. The third kappa shape index (κ3) is 4.83. The fourth-order valence-corrected chi connectivity index (χ4v) is 3.18. The van der Waals surface area contributed by atoms with Crippen LogP contribution >= 0.6 is 11.6 Å². The maximum atomic E-state index is 12.4. The molecule has 2 aromatic rings. The second-order valence-electron chi connectivity index (χ2n) is 6.31. The summed E-state index contributed by atoms with van der Waals surface area (Å²) in [5.74, 6) is 0.0803. The monoisotopic (exact) mass is 356 g/mol. The van der Waals surface area contributed by atoms with Crippen LogP contribution in [0.15, 0.2) is 54.6 Å². The van der Waals surface area contributed by atoms with Gasteiger partial charge in [-0.25, -0.2) is 0 Å². The van der Waals surface area contributed by atoms with Crippen molar-refractivity contribution in [1.29, 1.82) is 0 Å². The number of nitrogens with one attached hydrogen (secondary N) is 1. The number of carbonyl (C=O) groups is 2. The van der Waals surface area contributed by atoms with Crippen LogP contribution in [-0.2, 0) is 16.0 Å². The number of rotatable bonds is 4. The molecule has 130 valence electrons. The van der Waals surface area contributed by atoms with Crippen molar-refractivity contribution in [2.45, 2.75) is 19.3 Å². The lowest BCUT2D eigenvalue weighted by Gasteiger charge is -2.31. The number of nitrogens with zero attached hydrogens (tertiary/aromatic N) is 1. The molecule has 0 atom stereocenters. The van der Waals surface area contributed by atoms with Crippen molar-refractivity contribution in [3.05, 3.63) is 65.2 Å². The van der Waals surface area contributed by atoms with E-state index < -0.39 is 0 Å². The van der Waals surface area contributed by atoms with Crippen molar-refractivity contribution < 1.29 is 9.59 Å². The standard InChI is InChI=1S/C20H21ClN2O2/c21-17-6-8-18(9-7-17)22-20(25)16-10-12-23(13-11-16)19(24)14-15-4-2-1-3-5-15/h1-9,16H,10-14H2,(H,22,25). The minimum atomic E-state index is -0.0588. The predicted octanol–water partition coefficient (Wildman–Crippen LogP) is 3.76. The minimum Gasteiger partial charge on any atom is -0.342 e. The topological polar surface area (TPSA) is 49.4 Å². The van der Waals surface area contributed by atoms with Crippen molar-refractivity contribution in [1.82, 2.24) is 4.90 Å². The van der Waals surface area contributed by atoms with Gasteiger partial charge in [0.25, 0.3) is 0 Å². The van der Waals surface area contributed by atoms with Crippen molar-refractivity contribution in [2.75, 3.05) is 18.4 Å². The van der Waals surface area contributed by atoms with Gasteiger partial charge in [0.05, 0.1) is 6.42 Å². The lowest BCUT2D eigenvalue weighted by Crippen LogP contribution is -2.42. The van der Waals surface area contributed by atoms with Gasteiger partial charge in [-0.1, -0.05) is 41.9 Å². The highest BCUT2D eigenvalue weighted by atomic mass is 35.5. The first-order chi connectivity index (χ1) is 12.1. The summed E-state index contributed by atoms with van der Waals surface area (Å²) in [4.78, 5) is 26.6. The highest BCUT2D eigenvalue weighted by molar-refractivity contribution is 6.30. The van der Waals surface area contributed by atoms with Gasteiger partial charge in [0, 0.05) is 29.7 Å². The van der Waals surface area contributed by atoms with E-state index >= 15 is 0 Å². The number of benzene rings is 2. The Morgan fingerprint density at radius 3 is 2.28 bits per heavy atom. The second kappa shape index (κ2) is 8.17. The van der Waals surface area contributed by atoms with Crippen LogP contribution in [0.1, 0.15) is 18.4 Å². The Balaban J connectivity index is 1.48. The Hall–Kier alpha value is -2.33. The second-order valence-corrected chi connectivity index (χ2v) is 6.75. The van der Waals surface area contributed by atoms with Crippen LogP contribution in [0.2, 0.25) is 5.02 Å². The fraction of sp³-hybridized carbons (Fsp3) is 0.300. The number of likely N-dealkylation sites (tertiary alicyclic amines) is 1. The molecule has 25 heavy (non-hydrogen) atoms. The summed E-state index contributed by atoms with van der Waals surface area (Å²) in [7, 11) is 0. The molecule has 0 aliphatic carbocycles. The summed E-state index contributed by atoms with van der Waals surface area (Å²) in [6, 6.07) is 16.8. The van der Waals surface area contributed by atoms with Gasteiger partial charge in [-0.2, -0.15) is 0 Å². The Bertz CT molecular complexity index is 723. The summed E-state index contributed by atoms with van der Waals surface area (Å²) in [5, 5.41) is 3.56. The van der Waals surface area contributed by atoms with Crippen LogP contribution in [0.4, 0.5) is 5.69 Å². The van der Waals surface area contributed by atoms with Crippen molar-refractivity contribution >= 4 is 29.1 Å². The van der Waals surface area contributed by atoms with Gasteiger partial charge in [-0.15, -0.1) is 0 Å². The van der Waals surface area contributed by atoms with Crippen molar-refractivity contribution in [3.63, 3.8) is 0 Å². The molecule has 3 rings (SSSR count). The molecule has 1 heterocycles. The maximum absolute atomic E-state index is 12.4. The zero-order valence-electron chi connectivity index (χ0n) is 14.0. The van der Waals surface area contributed by atoms with Gasteiger partial charge < -0.3 is 10.2 Å². The molecule has 2 aromatic carbocycles. The average molecular weight is 357 g/mol. The normalized spacial score (nSPS) is 15.0. The molecule has 1 aliphatic heterocycles. The Morgan fingerprint density at radius 1 is 1.00 bits per heavy atom. The van der Waals surface area contributed by atoms with Crippen LogP contribution in [0.3, 0.4) is 0 Å². The van der Waals surface area contributed by atoms with Crippen LogP contribution < -0.4 is 5.32 Å². The van der Waals surface area contributed by atoms with E-state index in [4.69, 9.17) is 11.6 Å². The third-order valence-electron chi connectivity index (χ3n) is 4.53. The molecule has 1 aliphatic rings. The summed E-state index contributed by atoms with van der Waals surface area (Å²) in [6.45, 7) is 1.26.